The van der Waals surface area contributed by atoms with E-state index in [1.54, 1.807) is 31.0 Å². The topological polar surface area (TPSA) is 64.7 Å². The van der Waals surface area contributed by atoms with Crippen molar-refractivity contribution >= 4 is 29.1 Å². The maximum absolute atomic E-state index is 12.0. The Labute approximate surface area is 126 Å². The first-order chi connectivity index (χ1) is 9.49. The highest BCUT2D eigenvalue weighted by atomic mass is 35.5. The molecule has 0 saturated heterocycles. The third-order valence-electron chi connectivity index (χ3n) is 2.82. The van der Waals surface area contributed by atoms with E-state index in [-0.39, 0.29) is 5.91 Å². The molecule has 1 amide bonds. The van der Waals surface area contributed by atoms with Gasteiger partial charge in [-0.3, -0.25) is 14.2 Å². The van der Waals surface area contributed by atoms with Crippen LogP contribution in [0.15, 0.2) is 12.4 Å². The van der Waals surface area contributed by atoms with E-state index in [0.717, 1.165) is 6.42 Å². The molecule has 2 heterocycles. The maximum atomic E-state index is 12.0. The van der Waals surface area contributed by atoms with Gasteiger partial charge in [-0.05, 0) is 13.3 Å². The molecule has 0 fully saturated rings. The Bertz CT molecular complexity index is 619. The van der Waals surface area contributed by atoms with Crippen LogP contribution in [0.1, 0.15) is 22.6 Å². The largest absolute Gasteiger partial charge is 0.351 e. The van der Waals surface area contributed by atoms with Crippen molar-refractivity contribution in [1.82, 2.24) is 24.9 Å². The van der Waals surface area contributed by atoms with Gasteiger partial charge < -0.3 is 5.32 Å². The summed E-state index contributed by atoms with van der Waals surface area (Å²) in [7, 11) is 1.69. The van der Waals surface area contributed by atoms with Crippen molar-refractivity contribution in [2.45, 2.75) is 19.9 Å². The van der Waals surface area contributed by atoms with Gasteiger partial charge in [0, 0.05) is 26.3 Å². The number of aromatic nitrogens is 4. The van der Waals surface area contributed by atoms with Crippen LogP contribution in [0.2, 0.25) is 10.0 Å². The van der Waals surface area contributed by atoms with Gasteiger partial charge in [-0.25, -0.2) is 0 Å². The molecule has 0 aliphatic carbocycles. The molecule has 6 nitrogen and oxygen atoms in total. The van der Waals surface area contributed by atoms with E-state index in [1.807, 2.05) is 0 Å². The van der Waals surface area contributed by atoms with E-state index < -0.39 is 0 Å². The lowest BCUT2D eigenvalue weighted by Gasteiger charge is -2.06. The highest BCUT2D eigenvalue weighted by Crippen LogP contribution is 2.18. The Morgan fingerprint density at radius 1 is 1.45 bits per heavy atom. The molecule has 8 heteroatoms. The third-order valence-corrected chi connectivity index (χ3v) is 3.46. The van der Waals surface area contributed by atoms with Gasteiger partial charge in [0.25, 0.3) is 5.91 Å². The van der Waals surface area contributed by atoms with Gasteiger partial charge in [0.2, 0.25) is 0 Å². The lowest BCUT2D eigenvalue weighted by Crippen LogP contribution is -2.27. The molecule has 0 spiro atoms. The van der Waals surface area contributed by atoms with Crippen LogP contribution < -0.4 is 5.32 Å². The summed E-state index contributed by atoms with van der Waals surface area (Å²) in [4.78, 5) is 12.0. The van der Waals surface area contributed by atoms with Gasteiger partial charge in [0.1, 0.15) is 5.69 Å². The van der Waals surface area contributed by atoms with E-state index >= 15 is 0 Å². The Morgan fingerprint density at radius 2 is 2.20 bits per heavy atom. The van der Waals surface area contributed by atoms with Gasteiger partial charge in [-0.1, -0.05) is 23.2 Å². The van der Waals surface area contributed by atoms with E-state index in [0.29, 0.717) is 34.5 Å². The number of carbonyl (C=O) groups is 1. The fourth-order valence-corrected chi connectivity index (χ4v) is 2.27. The molecule has 2 aromatic heterocycles. The van der Waals surface area contributed by atoms with Crippen molar-refractivity contribution in [1.29, 1.82) is 0 Å². The molecule has 0 unspecified atom stereocenters. The molecule has 0 bridgehead atoms. The summed E-state index contributed by atoms with van der Waals surface area (Å²) in [6, 6.07) is 0. The zero-order chi connectivity index (χ0) is 14.7. The number of nitrogens with zero attached hydrogens (tertiary/aromatic N) is 4. The minimum absolute atomic E-state index is 0.225. The SMILES string of the molecule is Cc1nn(C)c(C(=O)NCCCn2cc(Cl)cn2)c1Cl. The molecular weight excluding hydrogens is 301 g/mol. The van der Waals surface area contributed by atoms with Crippen molar-refractivity contribution in [2.75, 3.05) is 6.54 Å². The van der Waals surface area contributed by atoms with Crippen LogP contribution in [0.4, 0.5) is 0 Å². The number of carbonyl (C=O) groups excluding carboxylic acids is 1. The minimum Gasteiger partial charge on any atom is -0.351 e. The summed E-state index contributed by atoms with van der Waals surface area (Å²) in [6.45, 7) is 2.97. The average molecular weight is 316 g/mol. The Hall–Kier alpha value is -1.53. The van der Waals surface area contributed by atoms with E-state index in [4.69, 9.17) is 23.2 Å². The molecule has 0 aliphatic heterocycles. The quantitative estimate of drug-likeness (QED) is 0.859. The summed E-state index contributed by atoms with van der Waals surface area (Å²) in [6.07, 6.45) is 4.07. The predicted octanol–water partition coefficient (Wildman–Crippen LogP) is 2.05. The first kappa shape index (κ1) is 14.9. The van der Waals surface area contributed by atoms with Crippen LogP contribution in [0, 0.1) is 6.92 Å². The smallest absolute Gasteiger partial charge is 0.271 e. The van der Waals surface area contributed by atoms with Gasteiger partial charge in [-0.15, -0.1) is 0 Å². The molecule has 0 radical (unpaired) electrons. The molecule has 1 N–H and O–H groups in total. The van der Waals surface area contributed by atoms with Gasteiger partial charge >= 0.3 is 0 Å². The second kappa shape index (κ2) is 6.28. The zero-order valence-corrected chi connectivity index (χ0v) is 12.7. The van der Waals surface area contributed by atoms with Crippen LogP contribution in [-0.2, 0) is 13.6 Å². The van der Waals surface area contributed by atoms with Crippen molar-refractivity contribution in [2.24, 2.45) is 7.05 Å². The average Bonchev–Trinajstić information content (AvgIpc) is 2.90. The predicted molar refractivity (Wildman–Crippen MR) is 77.1 cm³/mol. The molecular formula is C12H15Cl2N5O. The highest BCUT2D eigenvalue weighted by Gasteiger charge is 2.17. The molecule has 2 aromatic rings. The minimum atomic E-state index is -0.225. The number of halogens is 2. The lowest BCUT2D eigenvalue weighted by atomic mass is 10.3. The van der Waals surface area contributed by atoms with Crippen LogP contribution in [-0.4, -0.2) is 32.0 Å². The fourth-order valence-electron chi connectivity index (χ4n) is 1.87. The summed E-state index contributed by atoms with van der Waals surface area (Å²) < 4.78 is 3.22. The molecule has 20 heavy (non-hydrogen) atoms. The zero-order valence-electron chi connectivity index (χ0n) is 11.2. The second-order valence-corrected chi connectivity index (χ2v) is 5.22. The number of amides is 1. The maximum Gasteiger partial charge on any atom is 0.271 e. The van der Waals surface area contributed by atoms with Crippen LogP contribution >= 0.6 is 23.2 Å². The lowest BCUT2D eigenvalue weighted by molar-refractivity contribution is 0.0943. The van der Waals surface area contributed by atoms with Crippen LogP contribution in [0.25, 0.3) is 0 Å². The van der Waals surface area contributed by atoms with Crippen molar-refractivity contribution in [3.8, 4) is 0 Å². The molecule has 0 aliphatic rings. The van der Waals surface area contributed by atoms with Crippen molar-refractivity contribution < 1.29 is 4.79 Å². The number of nitrogens with one attached hydrogen (secondary N) is 1. The molecule has 0 aromatic carbocycles. The van der Waals surface area contributed by atoms with Crippen LogP contribution in [0.5, 0.6) is 0 Å². The van der Waals surface area contributed by atoms with Crippen molar-refractivity contribution in [3.63, 3.8) is 0 Å². The monoisotopic (exact) mass is 315 g/mol. The van der Waals surface area contributed by atoms with Crippen molar-refractivity contribution in [3.05, 3.63) is 33.8 Å². The Morgan fingerprint density at radius 3 is 2.75 bits per heavy atom. The molecule has 108 valence electrons. The van der Waals surface area contributed by atoms with E-state index in [2.05, 4.69) is 15.5 Å². The number of rotatable bonds is 5. The summed E-state index contributed by atoms with van der Waals surface area (Å²) in [5, 5.41) is 12.0. The molecule has 0 atom stereocenters. The first-order valence-corrected chi connectivity index (χ1v) is 6.90. The standard InChI is InChI=1S/C12H15Cl2N5O/c1-8-10(14)11(18(2)17-8)12(20)15-4-3-5-19-7-9(13)6-16-19/h6-7H,3-5H2,1-2H3,(H,15,20). The Kier molecular flexibility index (Phi) is 4.67. The second-order valence-electron chi connectivity index (χ2n) is 4.40. The highest BCUT2D eigenvalue weighted by molar-refractivity contribution is 6.34. The third kappa shape index (κ3) is 3.32. The Balaban J connectivity index is 1.83. The van der Waals surface area contributed by atoms with Crippen LogP contribution in [0.3, 0.4) is 0 Å². The normalized spacial score (nSPS) is 10.8. The molecule has 0 saturated carbocycles. The van der Waals surface area contributed by atoms with Gasteiger partial charge in [0.05, 0.1) is 21.9 Å². The number of aryl methyl sites for hydroxylation is 3. The van der Waals surface area contributed by atoms with E-state index in [1.165, 1.54) is 4.68 Å². The first-order valence-electron chi connectivity index (χ1n) is 6.14. The van der Waals surface area contributed by atoms with Gasteiger partial charge in [0.15, 0.2) is 0 Å². The summed E-state index contributed by atoms with van der Waals surface area (Å²) in [5.41, 5.74) is 1.02. The fraction of sp³-hybridized carbons (Fsp3) is 0.417. The van der Waals surface area contributed by atoms with E-state index in [9.17, 15) is 4.79 Å². The summed E-state index contributed by atoms with van der Waals surface area (Å²) in [5.74, 6) is -0.225. The molecule has 2 rings (SSSR count). The summed E-state index contributed by atoms with van der Waals surface area (Å²) >= 11 is 11.8. The number of hydrogen-bond acceptors (Lipinski definition) is 3. The van der Waals surface area contributed by atoms with Gasteiger partial charge in [-0.2, -0.15) is 10.2 Å². The number of hydrogen-bond donors (Lipinski definition) is 1.